The van der Waals surface area contributed by atoms with E-state index < -0.39 is 5.97 Å². The molecule has 2 saturated heterocycles. The van der Waals surface area contributed by atoms with Crippen LogP contribution in [0.5, 0.6) is 5.75 Å². The number of aliphatic carboxylic acids is 1. The van der Waals surface area contributed by atoms with E-state index in [-0.39, 0.29) is 11.5 Å². The lowest BCUT2D eigenvalue weighted by molar-refractivity contribution is -0.142. The number of nitrogens with zero attached hydrogens (tertiary/aromatic N) is 2. The van der Waals surface area contributed by atoms with Gasteiger partial charge in [-0.2, -0.15) is 0 Å². The molecule has 5 aliphatic rings. The van der Waals surface area contributed by atoms with E-state index in [0.29, 0.717) is 17.4 Å². The summed E-state index contributed by atoms with van der Waals surface area (Å²) in [5.74, 6) is 1.64. The summed E-state index contributed by atoms with van der Waals surface area (Å²) in [5.41, 5.74) is 3.69. The first-order valence-electron chi connectivity index (χ1n) is 10.8. The highest BCUT2D eigenvalue weighted by Gasteiger charge is 2.91. The second kappa shape index (κ2) is 5.31. The Morgan fingerprint density at radius 2 is 2.18 bits per heavy atom. The number of benzene rings is 1. The fourth-order valence-corrected chi connectivity index (χ4v) is 8.58. The van der Waals surface area contributed by atoms with Crippen LogP contribution in [0.25, 0.3) is 0 Å². The summed E-state index contributed by atoms with van der Waals surface area (Å²) < 4.78 is 5.60. The SMILES string of the molecule is COc1ccc2c(c1)[C@]1(CCN3CCC[C@@H]3C(=O)O)C3[C@H]4N(C)[C@@H]([C@@H]1C)C34C2. The Balaban J connectivity index is 1.39. The third-order valence-corrected chi connectivity index (χ3v) is 9.38. The Morgan fingerprint density at radius 3 is 2.93 bits per heavy atom. The highest BCUT2D eigenvalue weighted by Crippen LogP contribution is 2.86. The number of carboxylic acid groups (broad SMARTS) is 1. The molecule has 2 unspecified atom stereocenters. The summed E-state index contributed by atoms with van der Waals surface area (Å²) in [6.07, 6.45) is 4.09. The normalized spacial score (nSPS) is 45.3. The van der Waals surface area contributed by atoms with Crippen LogP contribution in [0.3, 0.4) is 0 Å². The molecule has 0 aromatic heterocycles. The van der Waals surface area contributed by atoms with Gasteiger partial charge in [-0.3, -0.25) is 14.6 Å². The average molecular weight is 383 g/mol. The number of rotatable bonds is 5. The largest absolute Gasteiger partial charge is 0.497 e. The Morgan fingerprint density at radius 1 is 1.36 bits per heavy atom. The minimum Gasteiger partial charge on any atom is -0.497 e. The van der Waals surface area contributed by atoms with E-state index >= 15 is 0 Å². The van der Waals surface area contributed by atoms with E-state index in [1.807, 2.05) is 0 Å². The molecule has 150 valence electrons. The molecule has 0 amide bonds. The van der Waals surface area contributed by atoms with Crippen molar-refractivity contribution in [3.63, 3.8) is 0 Å². The average Bonchev–Trinajstić information content (AvgIpc) is 2.96. The second-order valence-corrected chi connectivity index (χ2v) is 9.96. The predicted octanol–water partition coefficient (Wildman–Crippen LogP) is 2.38. The lowest BCUT2D eigenvalue weighted by atomic mass is 9.63. The van der Waals surface area contributed by atoms with Crippen molar-refractivity contribution in [2.75, 3.05) is 27.2 Å². The first-order chi connectivity index (χ1) is 13.5. The minimum absolute atomic E-state index is 0.176. The van der Waals surface area contributed by atoms with Gasteiger partial charge in [0.25, 0.3) is 0 Å². The molecule has 2 heterocycles. The molecule has 1 aromatic carbocycles. The van der Waals surface area contributed by atoms with Crippen molar-refractivity contribution in [3.8, 4) is 5.75 Å². The molecule has 1 N–H and O–H groups in total. The van der Waals surface area contributed by atoms with Gasteiger partial charge in [0.1, 0.15) is 11.8 Å². The first kappa shape index (κ1) is 17.3. The van der Waals surface area contributed by atoms with Crippen LogP contribution in [0.4, 0.5) is 0 Å². The van der Waals surface area contributed by atoms with Crippen LogP contribution in [0.1, 0.15) is 37.3 Å². The zero-order chi connectivity index (χ0) is 19.4. The second-order valence-electron chi connectivity index (χ2n) is 9.96. The molecule has 7 atom stereocenters. The molecule has 2 aliphatic heterocycles. The lowest BCUT2D eigenvalue weighted by Gasteiger charge is -2.51. The van der Waals surface area contributed by atoms with Crippen LogP contribution in [-0.2, 0) is 16.6 Å². The molecule has 2 bridgehead atoms. The van der Waals surface area contributed by atoms with Crippen molar-refractivity contribution in [1.29, 1.82) is 0 Å². The van der Waals surface area contributed by atoms with Crippen LogP contribution in [0.2, 0.25) is 0 Å². The zero-order valence-corrected chi connectivity index (χ0v) is 17.0. The molecule has 5 nitrogen and oxygen atoms in total. The van der Waals surface area contributed by atoms with Crippen molar-refractivity contribution >= 4 is 5.97 Å². The summed E-state index contributed by atoms with van der Waals surface area (Å²) in [6.45, 7) is 4.28. The van der Waals surface area contributed by atoms with Crippen molar-refractivity contribution in [3.05, 3.63) is 29.3 Å². The van der Waals surface area contributed by atoms with Gasteiger partial charge in [0.2, 0.25) is 0 Å². The quantitative estimate of drug-likeness (QED) is 0.847. The Labute approximate surface area is 166 Å². The van der Waals surface area contributed by atoms with Crippen LogP contribution < -0.4 is 4.74 Å². The number of methoxy groups -OCH3 is 1. The number of hydrogen-bond donors (Lipinski definition) is 1. The molecular weight excluding hydrogens is 352 g/mol. The maximum absolute atomic E-state index is 11.7. The molecular formula is C23H30N2O3. The van der Waals surface area contributed by atoms with E-state index in [2.05, 4.69) is 42.0 Å². The molecule has 0 radical (unpaired) electrons. The van der Waals surface area contributed by atoms with Crippen LogP contribution in [0.15, 0.2) is 18.2 Å². The lowest BCUT2D eigenvalue weighted by Crippen LogP contribution is -2.60. The number of carboxylic acids is 1. The Bertz CT molecular complexity index is 871. The van der Waals surface area contributed by atoms with Gasteiger partial charge in [0, 0.05) is 22.9 Å². The number of piperidine rings is 1. The van der Waals surface area contributed by atoms with Gasteiger partial charge in [0.05, 0.1) is 7.11 Å². The zero-order valence-electron chi connectivity index (χ0n) is 17.0. The van der Waals surface area contributed by atoms with E-state index in [0.717, 1.165) is 50.1 Å². The number of fused-ring (bicyclic) bond motifs is 2. The van der Waals surface area contributed by atoms with Crippen molar-refractivity contribution in [2.45, 2.75) is 56.1 Å². The third-order valence-electron chi connectivity index (χ3n) is 9.38. The predicted molar refractivity (Wildman–Crippen MR) is 106 cm³/mol. The highest BCUT2D eigenvalue weighted by molar-refractivity contribution is 5.73. The summed E-state index contributed by atoms with van der Waals surface area (Å²) >= 11 is 0. The monoisotopic (exact) mass is 382 g/mol. The van der Waals surface area contributed by atoms with E-state index in [9.17, 15) is 9.90 Å². The number of likely N-dealkylation sites (tertiary alicyclic amines) is 2. The summed E-state index contributed by atoms with van der Waals surface area (Å²) in [6, 6.07) is 7.83. The highest BCUT2D eigenvalue weighted by atomic mass is 16.5. The maximum Gasteiger partial charge on any atom is 0.320 e. The summed E-state index contributed by atoms with van der Waals surface area (Å²) in [4.78, 5) is 16.5. The molecule has 28 heavy (non-hydrogen) atoms. The maximum atomic E-state index is 11.7. The van der Waals surface area contributed by atoms with Crippen molar-refractivity contribution in [1.82, 2.24) is 9.80 Å². The summed E-state index contributed by atoms with van der Waals surface area (Å²) in [7, 11) is 4.06. The fraction of sp³-hybridized carbons (Fsp3) is 0.696. The van der Waals surface area contributed by atoms with Gasteiger partial charge in [-0.25, -0.2) is 0 Å². The van der Waals surface area contributed by atoms with E-state index in [1.54, 1.807) is 7.11 Å². The van der Waals surface area contributed by atoms with Crippen molar-refractivity contribution < 1.29 is 14.6 Å². The van der Waals surface area contributed by atoms with Crippen LogP contribution >= 0.6 is 0 Å². The number of carbonyl (C=O) groups is 1. The van der Waals surface area contributed by atoms with E-state index in [1.165, 1.54) is 17.5 Å². The minimum atomic E-state index is -0.650. The molecule has 5 heteroatoms. The van der Waals surface area contributed by atoms with Crippen molar-refractivity contribution in [2.24, 2.45) is 17.3 Å². The molecule has 1 aromatic rings. The molecule has 3 aliphatic carbocycles. The third kappa shape index (κ3) is 1.71. The van der Waals surface area contributed by atoms with Crippen LogP contribution in [-0.4, -0.2) is 66.2 Å². The van der Waals surface area contributed by atoms with Gasteiger partial charge in [0.15, 0.2) is 0 Å². The Hall–Kier alpha value is -1.59. The fourth-order valence-electron chi connectivity index (χ4n) is 8.58. The molecule has 4 fully saturated rings. The number of hydrogen-bond acceptors (Lipinski definition) is 4. The van der Waals surface area contributed by atoms with Gasteiger partial charge in [-0.1, -0.05) is 13.0 Å². The van der Waals surface area contributed by atoms with Gasteiger partial charge in [-0.05, 0) is 80.9 Å². The molecule has 2 saturated carbocycles. The summed E-state index contributed by atoms with van der Waals surface area (Å²) in [5, 5.41) is 9.61. The van der Waals surface area contributed by atoms with Crippen LogP contribution in [0, 0.1) is 17.3 Å². The smallest absolute Gasteiger partial charge is 0.320 e. The Kier molecular flexibility index (Phi) is 3.28. The van der Waals surface area contributed by atoms with E-state index in [4.69, 9.17) is 4.74 Å². The first-order valence-corrected chi connectivity index (χ1v) is 10.8. The molecule has 1 spiro atoms. The number of ether oxygens (including phenoxy) is 1. The van der Waals surface area contributed by atoms with Gasteiger partial charge < -0.3 is 9.84 Å². The van der Waals surface area contributed by atoms with Gasteiger partial charge >= 0.3 is 5.97 Å². The standard InChI is InChI=1S/C23H30N2O3/c1-13-19-23-12-14-6-7-15(28-3)11-16(14)22(13,18(23)20(23)24(19)2)8-10-25-9-4-5-17(25)21(26)27/h6-7,11,13,17-20H,4-5,8-10,12H2,1-3H3,(H,26,27)/t13-,17+,18?,19-,20+,22+,23?/m0/s1. The van der Waals surface area contributed by atoms with Gasteiger partial charge in [-0.15, -0.1) is 0 Å². The molecule has 6 rings (SSSR count). The topological polar surface area (TPSA) is 53.0 Å².